The molecule has 16 rings (SSSR count). The highest BCUT2D eigenvalue weighted by molar-refractivity contribution is 5.73. The molecule has 0 N–H and O–H groups in total. The Labute approximate surface area is 745 Å². The summed E-state index contributed by atoms with van der Waals surface area (Å²) in [6, 6.07) is 40.1. The van der Waals surface area contributed by atoms with Crippen molar-refractivity contribution in [2.45, 2.75) is 58.2 Å². The molecule has 0 atom stereocenters. The Morgan fingerprint density at radius 1 is 0.341 bits per heavy atom. The van der Waals surface area contributed by atoms with Crippen LogP contribution in [0.4, 0.5) is 52.7 Å². The van der Waals surface area contributed by atoms with Crippen LogP contribution in [-0.4, -0.2) is 177 Å². The normalized spacial score (nSPS) is 13.5. The minimum atomic E-state index is -4.80. The second-order valence-electron chi connectivity index (χ2n) is 30.3. The third kappa shape index (κ3) is 26.3. The highest BCUT2D eigenvalue weighted by atomic mass is 19.4. The molecule has 0 spiro atoms. The first-order chi connectivity index (χ1) is 62.8. The Balaban J connectivity index is 0.000000150. The average molecular weight is 1840 g/mol. The zero-order valence-electron chi connectivity index (χ0n) is 72.0. The van der Waals surface area contributed by atoms with E-state index in [1.54, 1.807) is 139 Å². The van der Waals surface area contributed by atoms with Crippen molar-refractivity contribution in [3.63, 3.8) is 0 Å². The third-order valence-electron chi connectivity index (χ3n) is 20.4. The van der Waals surface area contributed by atoms with Gasteiger partial charge in [0.15, 0.2) is 0 Å². The lowest BCUT2D eigenvalue weighted by Gasteiger charge is -2.32. The number of aryl methyl sites for hydroxylation is 5. The average Bonchev–Trinajstić information content (AvgIpc) is 1.41. The molecule has 8 aromatic heterocycles. The minimum Gasteiger partial charge on any atom is -0.494 e. The molecule has 0 aliphatic carbocycles. The van der Waals surface area contributed by atoms with Gasteiger partial charge in [0.25, 0.3) is 22.2 Å². The molecule has 2 aliphatic heterocycles. The summed E-state index contributed by atoms with van der Waals surface area (Å²) >= 11 is 0. The number of nitrogens with zero attached hydrogens (tertiary/aromatic N) is 15. The molecule has 6 aromatic carbocycles. The molecule has 2 saturated heterocycles. The first-order valence-electron chi connectivity index (χ1n) is 40.8. The Morgan fingerprint density at radius 2 is 0.659 bits per heavy atom. The van der Waals surface area contributed by atoms with Crippen molar-refractivity contribution in [2.24, 2.45) is 28.2 Å². The van der Waals surface area contributed by atoms with Crippen LogP contribution in [0.15, 0.2) is 263 Å². The van der Waals surface area contributed by atoms with E-state index >= 15 is 0 Å². The summed E-state index contributed by atoms with van der Waals surface area (Å²) in [5, 5.41) is 16.8. The predicted octanol–water partition coefficient (Wildman–Crippen LogP) is 16.9. The van der Waals surface area contributed by atoms with Crippen molar-refractivity contribution in [3.8, 4) is 131 Å². The molecular weight excluding hydrogens is 1750 g/mol. The number of piperidine rings is 1. The maximum atomic E-state index is 13.0. The highest BCUT2D eigenvalue weighted by Gasteiger charge is 2.35. The third-order valence-corrected chi connectivity index (χ3v) is 20.4. The number of piperazine rings is 1. The van der Waals surface area contributed by atoms with Gasteiger partial charge in [0.05, 0.1) is 31.4 Å². The molecule has 692 valence electrons. The van der Waals surface area contributed by atoms with Crippen LogP contribution in [0.2, 0.25) is 0 Å². The second kappa shape index (κ2) is 41.3. The molecule has 10 heterocycles. The minimum absolute atomic E-state index is 0.00401. The number of likely N-dealkylation sites (tertiary alicyclic amines) is 1. The van der Waals surface area contributed by atoms with Gasteiger partial charge in [0, 0.05) is 215 Å². The number of hydrogen-bond acceptors (Lipinski definition) is 20. The maximum absolute atomic E-state index is 13.0. The first kappa shape index (κ1) is 94.8. The van der Waals surface area contributed by atoms with E-state index in [1.807, 2.05) is 44.3 Å². The molecule has 2 aliphatic rings. The summed E-state index contributed by atoms with van der Waals surface area (Å²) in [6.07, 6.45) is 2.66. The van der Waals surface area contributed by atoms with Crippen LogP contribution in [0.1, 0.15) is 25.3 Å². The SMILES string of the molecule is CCOc1ccc(Oc2cc(=O)n(-c3ccc(OC(F)(F)F)cc3)cc2-c2cnn(C)c2)cc1C.CN1CCC(Oc2cc(=O)n(-c3ccc(OC(F)(F)F)cc3)cc2-c2cnn(C)c2)CC1.CN1CCN(CCOc2cc(=O)n(-c3ccc(OC(F)(F)F)cc3)cc2-c2cnn(C)c2)CC1.Cn1cc(-c2cn(-c3ccc(OC(F)(F)F)cc3)c(=O)cc2Oc2ccccc2)cn1. The van der Waals surface area contributed by atoms with Gasteiger partial charge in [0.1, 0.15) is 76.0 Å². The molecule has 132 heavy (non-hydrogen) atoms. The van der Waals surface area contributed by atoms with Gasteiger partial charge in [-0.15, -0.1) is 52.7 Å². The van der Waals surface area contributed by atoms with Gasteiger partial charge in [0.2, 0.25) is 0 Å². The molecule has 0 radical (unpaired) electrons. The summed E-state index contributed by atoms with van der Waals surface area (Å²) in [4.78, 5) is 58.3. The van der Waals surface area contributed by atoms with Gasteiger partial charge < -0.3 is 52.4 Å². The molecule has 14 aromatic rings. The Kier molecular flexibility index (Phi) is 29.7. The number of hydrogen-bond donors (Lipinski definition) is 0. The van der Waals surface area contributed by atoms with E-state index in [2.05, 4.69) is 68.1 Å². The van der Waals surface area contributed by atoms with Crippen LogP contribution in [0.3, 0.4) is 0 Å². The van der Waals surface area contributed by atoms with Crippen molar-refractivity contribution in [2.75, 3.05) is 73.1 Å². The maximum Gasteiger partial charge on any atom is 0.573 e. The number of pyridine rings is 4. The summed E-state index contributed by atoms with van der Waals surface area (Å²) in [5.41, 5.74) is 6.24. The number of benzene rings is 6. The van der Waals surface area contributed by atoms with Crippen LogP contribution in [0, 0.1) is 6.92 Å². The lowest BCUT2D eigenvalue weighted by atomic mass is 10.1. The fourth-order valence-electron chi connectivity index (χ4n) is 14.0. The number of aromatic nitrogens is 12. The largest absolute Gasteiger partial charge is 0.573 e. The van der Waals surface area contributed by atoms with Crippen molar-refractivity contribution in [3.05, 3.63) is 291 Å². The number of ether oxygens (including phenoxy) is 9. The van der Waals surface area contributed by atoms with Gasteiger partial charge in [-0.1, -0.05) is 18.2 Å². The van der Waals surface area contributed by atoms with Gasteiger partial charge in [-0.3, -0.25) is 61.1 Å². The van der Waals surface area contributed by atoms with Crippen LogP contribution in [0.5, 0.6) is 63.2 Å². The first-order valence-corrected chi connectivity index (χ1v) is 40.8. The van der Waals surface area contributed by atoms with E-state index in [0.717, 1.165) is 105 Å². The lowest BCUT2D eigenvalue weighted by Crippen LogP contribution is -2.45. The van der Waals surface area contributed by atoms with Crippen molar-refractivity contribution in [1.29, 1.82) is 0 Å². The van der Waals surface area contributed by atoms with E-state index in [4.69, 9.17) is 23.7 Å². The topological polar surface area (TPSA) is 252 Å². The fraction of sp³-hybridized carbons (Fsp3) is 0.261. The summed E-state index contributed by atoms with van der Waals surface area (Å²) < 4.78 is 207. The summed E-state index contributed by atoms with van der Waals surface area (Å²) in [5.74, 6) is 1.86. The van der Waals surface area contributed by atoms with Crippen LogP contribution < -0.4 is 64.9 Å². The number of alkyl halides is 12. The zero-order chi connectivity index (χ0) is 94.3. The molecule has 28 nitrogen and oxygen atoms in total. The van der Waals surface area contributed by atoms with Crippen LogP contribution in [-0.2, 0) is 28.2 Å². The second-order valence-corrected chi connectivity index (χ2v) is 30.3. The molecular formula is C92H87F12N15O13. The monoisotopic (exact) mass is 1840 g/mol. The molecule has 0 unspecified atom stereocenters. The van der Waals surface area contributed by atoms with E-state index in [1.165, 1.54) is 115 Å². The van der Waals surface area contributed by atoms with E-state index in [9.17, 15) is 71.9 Å². The van der Waals surface area contributed by atoms with Gasteiger partial charge in [-0.25, -0.2) is 0 Å². The van der Waals surface area contributed by atoms with E-state index in [-0.39, 0.29) is 40.2 Å². The van der Waals surface area contributed by atoms with Crippen molar-refractivity contribution >= 4 is 0 Å². The highest BCUT2D eigenvalue weighted by Crippen LogP contribution is 2.39. The Morgan fingerprint density at radius 3 is 0.992 bits per heavy atom. The van der Waals surface area contributed by atoms with Gasteiger partial charge >= 0.3 is 25.4 Å². The van der Waals surface area contributed by atoms with Crippen molar-refractivity contribution < 1.29 is 95.3 Å². The van der Waals surface area contributed by atoms with Gasteiger partial charge in [-0.2, -0.15) is 20.4 Å². The number of para-hydroxylation sites is 1. The molecule has 0 amide bonds. The molecule has 40 heteroatoms. The lowest BCUT2D eigenvalue weighted by molar-refractivity contribution is -0.275. The molecule has 0 saturated carbocycles. The summed E-state index contributed by atoms with van der Waals surface area (Å²) in [7, 11) is 11.2. The van der Waals surface area contributed by atoms with Crippen LogP contribution >= 0.6 is 0 Å². The van der Waals surface area contributed by atoms with E-state index in [0.29, 0.717) is 104 Å². The molecule has 0 bridgehead atoms. The quantitative estimate of drug-likeness (QED) is 0.0510. The summed E-state index contributed by atoms with van der Waals surface area (Å²) in [6.45, 7) is 11.2. The Bertz CT molecular complexity index is 6490. The van der Waals surface area contributed by atoms with Crippen LogP contribution in [0.25, 0.3) is 67.3 Å². The van der Waals surface area contributed by atoms with Gasteiger partial charge in [-0.05, 0) is 174 Å². The smallest absolute Gasteiger partial charge is 0.494 e. The number of rotatable bonds is 24. The number of halogens is 12. The Hall–Kier alpha value is -14.8. The standard InChI is InChI=1S/C25H22F3N3O4.C23H26F3N5O3.C22H23F3N4O3.C22H16F3N3O3/c1-4-33-22-10-9-20(11-16(22)2)34-23-12-24(32)31(15-21(23)17-13-29-30(3)14-17)18-5-7-19(8-6-18)35-25(26,27)28;1-28-7-9-30(10-8-28)11-12-33-21-13-22(32)31(16-20(21)17-14-27-29(2)15-17)18-3-5-19(6-4-18)34-23(24,25)26;1-27-9-7-17(8-10-27)31-20-11-21(30)29(14-19(20)15-12-26-28(2)13-15)16-3-5-18(6-4-16)32-22(23,24)25;1-27-13-15(12-26-27)19-14-28(16-7-9-18(10-8-16)31-22(23,24)25)21(29)11-20(19)30-17-5-3-2-4-6-17/h5-15H,4H2,1-3H3;3-6,13-16H,7-12H2,1-2H3;3-6,11-14,17H,7-10H2,1-2H3;2-14H,1H3. The zero-order valence-corrected chi connectivity index (χ0v) is 72.0. The molecule has 2 fully saturated rings. The number of likely N-dealkylation sites (N-methyl/N-ethyl adjacent to an activating group) is 1. The predicted molar refractivity (Wildman–Crippen MR) is 463 cm³/mol. The van der Waals surface area contributed by atoms with Crippen molar-refractivity contribution in [1.82, 2.24) is 72.1 Å². The van der Waals surface area contributed by atoms with E-state index < -0.39 is 36.6 Å². The fourth-order valence-corrected chi connectivity index (χ4v) is 14.0.